The second-order valence-electron chi connectivity index (χ2n) is 5.32. The van der Waals surface area contributed by atoms with Crippen molar-refractivity contribution in [2.75, 3.05) is 40.5 Å². The lowest BCUT2D eigenvalue weighted by Crippen LogP contribution is -2.40. The van der Waals surface area contributed by atoms with Crippen LogP contribution in [0.15, 0.2) is 24.3 Å². The maximum absolute atomic E-state index is 12.4. The minimum atomic E-state index is 0.125. The summed E-state index contributed by atoms with van der Waals surface area (Å²) in [6.07, 6.45) is 2.32. The van der Waals surface area contributed by atoms with Gasteiger partial charge in [-0.3, -0.25) is 9.69 Å². The van der Waals surface area contributed by atoms with E-state index in [0.717, 1.165) is 26.1 Å². The molecule has 0 N–H and O–H groups in total. The molecule has 0 saturated carbocycles. The summed E-state index contributed by atoms with van der Waals surface area (Å²) in [5, 5.41) is 0. The standard InChI is InChI=1S/C16H23NO3/c1-19-12-13-6-5-9-17(10-13)11-15(18)14-7-3-4-8-16(14)20-2/h3-4,7-8,13H,5-6,9-12H2,1-2H3. The predicted molar refractivity (Wildman–Crippen MR) is 78.4 cm³/mol. The lowest BCUT2D eigenvalue weighted by atomic mass is 9.98. The van der Waals surface area contributed by atoms with Crippen molar-refractivity contribution < 1.29 is 14.3 Å². The number of hydrogen-bond donors (Lipinski definition) is 0. The molecular weight excluding hydrogens is 254 g/mol. The van der Waals surface area contributed by atoms with Gasteiger partial charge in [0.2, 0.25) is 0 Å². The Morgan fingerprint density at radius 1 is 1.35 bits per heavy atom. The van der Waals surface area contributed by atoms with Crippen LogP contribution in [0.5, 0.6) is 5.75 Å². The molecule has 0 aliphatic carbocycles. The van der Waals surface area contributed by atoms with Gasteiger partial charge in [-0.2, -0.15) is 0 Å². The Kier molecular flexibility index (Phi) is 5.56. The van der Waals surface area contributed by atoms with E-state index in [-0.39, 0.29) is 5.78 Å². The first-order chi connectivity index (χ1) is 9.74. The van der Waals surface area contributed by atoms with Crippen molar-refractivity contribution in [1.29, 1.82) is 0 Å². The molecule has 1 atom stereocenters. The summed E-state index contributed by atoms with van der Waals surface area (Å²) < 4.78 is 10.5. The van der Waals surface area contributed by atoms with Gasteiger partial charge in [0.25, 0.3) is 0 Å². The van der Waals surface area contributed by atoms with Crippen molar-refractivity contribution in [3.05, 3.63) is 29.8 Å². The molecule has 20 heavy (non-hydrogen) atoms. The van der Waals surface area contributed by atoms with Gasteiger partial charge in [0.15, 0.2) is 5.78 Å². The highest BCUT2D eigenvalue weighted by Gasteiger charge is 2.22. The summed E-state index contributed by atoms with van der Waals surface area (Å²) >= 11 is 0. The Bertz CT molecular complexity index is 445. The van der Waals surface area contributed by atoms with E-state index in [1.807, 2.05) is 24.3 Å². The summed E-state index contributed by atoms with van der Waals surface area (Å²) in [5.41, 5.74) is 0.670. The van der Waals surface area contributed by atoms with Gasteiger partial charge in [0, 0.05) is 13.7 Å². The van der Waals surface area contributed by atoms with Crippen LogP contribution >= 0.6 is 0 Å². The van der Waals surface area contributed by atoms with Gasteiger partial charge in [-0.15, -0.1) is 0 Å². The average Bonchev–Trinajstić information content (AvgIpc) is 2.48. The number of hydrogen-bond acceptors (Lipinski definition) is 4. The normalized spacial score (nSPS) is 19.8. The maximum Gasteiger partial charge on any atom is 0.180 e. The first kappa shape index (κ1) is 15.0. The maximum atomic E-state index is 12.4. The number of rotatable bonds is 6. The van der Waals surface area contributed by atoms with Crippen molar-refractivity contribution in [3.8, 4) is 5.75 Å². The zero-order valence-corrected chi connectivity index (χ0v) is 12.3. The van der Waals surface area contributed by atoms with E-state index in [9.17, 15) is 4.79 Å². The van der Waals surface area contributed by atoms with Crippen molar-refractivity contribution in [1.82, 2.24) is 4.90 Å². The van der Waals surface area contributed by atoms with Gasteiger partial charge in [0.05, 0.1) is 25.8 Å². The molecule has 1 fully saturated rings. The van der Waals surface area contributed by atoms with Gasteiger partial charge in [-0.1, -0.05) is 12.1 Å². The van der Waals surface area contributed by atoms with Crippen molar-refractivity contribution in [2.45, 2.75) is 12.8 Å². The summed E-state index contributed by atoms with van der Waals surface area (Å²) in [6.45, 7) is 3.16. The molecule has 4 heteroatoms. The van der Waals surface area contributed by atoms with Gasteiger partial charge >= 0.3 is 0 Å². The largest absolute Gasteiger partial charge is 0.496 e. The molecule has 1 aliphatic heterocycles. The van der Waals surface area contributed by atoms with Crippen LogP contribution in [0.25, 0.3) is 0 Å². The van der Waals surface area contributed by atoms with Gasteiger partial charge in [0.1, 0.15) is 5.75 Å². The van der Waals surface area contributed by atoms with Gasteiger partial charge < -0.3 is 9.47 Å². The van der Waals surface area contributed by atoms with E-state index in [1.165, 1.54) is 6.42 Å². The summed E-state index contributed by atoms with van der Waals surface area (Å²) in [7, 11) is 3.33. The first-order valence-electron chi connectivity index (χ1n) is 7.12. The summed E-state index contributed by atoms with van der Waals surface area (Å²) in [5.74, 6) is 1.32. The Hall–Kier alpha value is -1.39. The molecule has 0 radical (unpaired) electrons. The van der Waals surface area contributed by atoms with Crippen molar-refractivity contribution in [2.24, 2.45) is 5.92 Å². The smallest absolute Gasteiger partial charge is 0.180 e. The third-order valence-corrected chi connectivity index (χ3v) is 3.78. The molecule has 1 aromatic rings. The molecular formula is C16H23NO3. The molecule has 1 saturated heterocycles. The molecule has 0 spiro atoms. The number of carbonyl (C=O) groups is 1. The minimum absolute atomic E-state index is 0.125. The molecule has 2 rings (SSSR count). The van der Waals surface area contributed by atoms with Crippen molar-refractivity contribution in [3.63, 3.8) is 0 Å². The Morgan fingerprint density at radius 3 is 2.90 bits per heavy atom. The number of benzene rings is 1. The number of ether oxygens (including phenoxy) is 2. The van der Waals surface area contributed by atoms with E-state index in [4.69, 9.17) is 9.47 Å². The number of Topliss-reactive ketones (excluding diaryl/α,β-unsaturated/α-hetero) is 1. The van der Waals surface area contributed by atoms with Crippen LogP contribution in [0.3, 0.4) is 0 Å². The van der Waals surface area contributed by atoms with E-state index < -0.39 is 0 Å². The molecule has 1 heterocycles. The fourth-order valence-electron chi connectivity index (χ4n) is 2.83. The molecule has 1 unspecified atom stereocenters. The lowest BCUT2D eigenvalue weighted by Gasteiger charge is -2.31. The van der Waals surface area contributed by atoms with Gasteiger partial charge in [-0.25, -0.2) is 0 Å². The van der Waals surface area contributed by atoms with E-state index >= 15 is 0 Å². The number of para-hydroxylation sites is 1. The minimum Gasteiger partial charge on any atom is -0.496 e. The third kappa shape index (κ3) is 3.81. The van der Waals surface area contributed by atoms with Crippen LogP contribution in [0.2, 0.25) is 0 Å². The number of methoxy groups -OCH3 is 2. The zero-order valence-electron chi connectivity index (χ0n) is 12.3. The number of nitrogens with zero attached hydrogens (tertiary/aromatic N) is 1. The highest BCUT2D eigenvalue weighted by atomic mass is 16.5. The summed E-state index contributed by atoms with van der Waals surface area (Å²) in [6, 6.07) is 7.42. The van der Waals surface area contributed by atoms with Crippen LogP contribution in [0, 0.1) is 5.92 Å². The van der Waals surface area contributed by atoms with E-state index in [0.29, 0.717) is 23.8 Å². The molecule has 1 aliphatic rings. The molecule has 0 amide bonds. The Balaban J connectivity index is 1.97. The third-order valence-electron chi connectivity index (χ3n) is 3.78. The second-order valence-corrected chi connectivity index (χ2v) is 5.32. The molecule has 0 bridgehead atoms. The molecule has 1 aromatic carbocycles. The van der Waals surface area contributed by atoms with E-state index in [2.05, 4.69) is 4.90 Å². The Morgan fingerprint density at radius 2 is 2.15 bits per heavy atom. The number of ketones is 1. The second kappa shape index (κ2) is 7.41. The van der Waals surface area contributed by atoms with Crippen LogP contribution in [0.4, 0.5) is 0 Å². The number of piperidine rings is 1. The number of carbonyl (C=O) groups excluding carboxylic acids is 1. The monoisotopic (exact) mass is 277 g/mol. The van der Waals surface area contributed by atoms with Crippen LogP contribution in [-0.2, 0) is 4.74 Å². The van der Waals surface area contributed by atoms with E-state index in [1.54, 1.807) is 14.2 Å². The molecule has 0 aromatic heterocycles. The zero-order chi connectivity index (χ0) is 14.4. The van der Waals surface area contributed by atoms with Crippen LogP contribution in [-0.4, -0.2) is 51.1 Å². The fourth-order valence-corrected chi connectivity index (χ4v) is 2.83. The topological polar surface area (TPSA) is 38.8 Å². The van der Waals surface area contributed by atoms with Crippen LogP contribution < -0.4 is 4.74 Å². The first-order valence-corrected chi connectivity index (χ1v) is 7.12. The van der Waals surface area contributed by atoms with Crippen LogP contribution in [0.1, 0.15) is 23.2 Å². The average molecular weight is 277 g/mol. The highest BCUT2D eigenvalue weighted by molar-refractivity contribution is 6.00. The molecule has 4 nitrogen and oxygen atoms in total. The van der Waals surface area contributed by atoms with Crippen molar-refractivity contribution >= 4 is 5.78 Å². The fraction of sp³-hybridized carbons (Fsp3) is 0.562. The molecule has 110 valence electrons. The SMILES string of the molecule is COCC1CCCN(CC(=O)c2ccccc2OC)C1. The Labute approximate surface area is 120 Å². The number of likely N-dealkylation sites (tertiary alicyclic amines) is 1. The summed E-state index contributed by atoms with van der Waals surface area (Å²) in [4.78, 5) is 14.6. The quantitative estimate of drug-likeness (QED) is 0.748. The van der Waals surface area contributed by atoms with Gasteiger partial charge in [-0.05, 0) is 37.4 Å². The lowest BCUT2D eigenvalue weighted by molar-refractivity contribution is 0.0756. The predicted octanol–water partition coefficient (Wildman–Crippen LogP) is 2.24. The highest BCUT2D eigenvalue weighted by Crippen LogP contribution is 2.20.